The maximum atomic E-state index is 13.3. The van der Waals surface area contributed by atoms with Crippen molar-refractivity contribution in [3.05, 3.63) is 60.2 Å². The molecule has 0 aliphatic rings. The van der Waals surface area contributed by atoms with Gasteiger partial charge in [-0.2, -0.15) is 4.72 Å². The van der Waals surface area contributed by atoms with Crippen LogP contribution in [-0.4, -0.2) is 28.0 Å². The van der Waals surface area contributed by atoms with Gasteiger partial charge in [0.15, 0.2) is 0 Å². The molecular weight excluding hydrogens is 446 g/mol. The fraction of sp³-hybridized carbons (Fsp3) is 0.333. The van der Waals surface area contributed by atoms with Crippen molar-refractivity contribution in [2.24, 2.45) is 0 Å². The fourth-order valence-corrected chi connectivity index (χ4v) is 6.16. The van der Waals surface area contributed by atoms with Crippen LogP contribution in [-0.2, 0) is 23.6 Å². The van der Waals surface area contributed by atoms with Gasteiger partial charge >= 0.3 is 14.0 Å². The second-order valence-electron chi connectivity index (χ2n) is 5.83. The number of hydrogen-bond acceptors (Lipinski definition) is 6. The van der Waals surface area contributed by atoms with Crippen LogP contribution in [0.25, 0.3) is 0 Å². The largest absolute Gasteiger partial charge is 0.573 e. The van der Waals surface area contributed by atoms with Gasteiger partial charge in [0.25, 0.3) is 0 Å². The minimum atomic E-state index is -4.90. The Bertz CT molecular complexity index is 958. The molecule has 2 aromatic carbocycles. The van der Waals surface area contributed by atoms with Gasteiger partial charge in [-0.1, -0.05) is 30.3 Å². The molecule has 30 heavy (non-hydrogen) atoms. The highest BCUT2D eigenvalue weighted by molar-refractivity contribution is 7.89. The standard InChI is InChI=1S/C18H21F3NO6PS/c1-3-26-29(23,27-4-2)17(14-8-6-5-7-9-14)22-30(24,25)16-12-10-15(11-13-16)28-18(19,20)21/h5-13,17,22H,3-4H2,1-2H3. The van der Waals surface area contributed by atoms with Crippen LogP contribution in [0.2, 0.25) is 0 Å². The maximum Gasteiger partial charge on any atom is 0.573 e. The van der Waals surface area contributed by atoms with Crippen LogP contribution in [0.4, 0.5) is 13.2 Å². The zero-order chi connectivity index (χ0) is 22.4. The summed E-state index contributed by atoms with van der Waals surface area (Å²) >= 11 is 0. The molecule has 0 spiro atoms. The van der Waals surface area contributed by atoms with Crippen LogP contribution in [0.5, 0.6) is 5.75 Å². The molecule has 0 fully saturated rings. The van der Waals surface area contributed by atoms with Gasteiger partial charge in [-0.05, 0) is 43.7 Å². The Morgan fingerprint density at radius 1 is 0.967 bits per heavy atom. The van der Waals surface area contributed by atoms with E-state index >= 15 is 0 Å². The minimum absolute atomic E-state index is 0.00577. The molecule has 12 heteroatoms. The Kier molecular flexibility index (Phi) is 8.06. The average Bonchev–Trinajstić information content (AvgIpc) is 2.66. The molecule has 0 amide bonds. The molecule has 1 atom stereocenters. The van der Waals surface area contributed by atoms with Crippen LogP contribution in [0, 0.1) is 0 Å². The highest BCUT2D eigenvalue weighted by atomic mass is 32.2. The summed E-state index contributed by atoms with van der Waals surface area (Å²) in [6.07, 6.45) is -4.90. The molecule has 166 valence electrons. The van der Waals surface area contributed by atoms with Crippen LogP contribution in [0.15, 0.2) is 59.5 Å². The zero-order valence-electron chi connectivity index (χ0n) is 16.1. The van der Waals surface area contributed by atoms with Crippen LogP contribution in [0.1, 0.15) is 25.2 Å². The highest BCUT2D eigenvalue weighted by Gasteiger charge is 2.40. The second-order valence-corrected chi connectivity index (χ2v) is 9.66. The quantitative estimate of drug-likeness (QED) is 0.504. The molecular formula is C18H21F3NO6PS. The lowest BCUT2D eigenvalue weighted by molar-refractivity contribution is -0.274. The van der Waals surface area contributed by atoms with Gasteiger partial charge in [0, 0.05) is 0 Å². The molecule has 0 aromatic heterocycles. The summed E-state index contributed by atoms with van der Waals surface area (Å²) in [5.74, 6) is -1.94. The van der Waals surface area contributed by atoms with Gasteiger partial charge < -0.3 is 13.8 Å². The Balaban J connectivity index is 2.40. The summed E-state index contributed by atoms with van der Waals surface area (Å²) in [4.78, 5) is -0.350. The van der Waals surface area contributed by atoms with E-state index in [0.29, 0.717) is 5.56 Å². The smallest absolute Gasteiger partial charge is 0.406 e. The molecule has 1 N–H and O–H groups in total. The van der Waals surface area contributed by atoms with Crippen molar-refractivity contribution in [3.63, 3.8) is 0 Å². The molecule has 2 rings (SSSR count). The van der Waals surface area contributed by atoms with Gasteiger partial charge in [-0.25, -0.2) is 8.42 Å². The lowest BCUT2D eigenvalue weighted by Gasteiger charge is -2.27. The van der Waals surface area contributed by atoms with Gasteiger partial charge in [-0.15, -0.1) is 13.2 Å². The normalized spacial score (nSPS) is 13.8. The van der Waals surface area contributed by atoms with E-state index in [0.717, 1.165) is 24.3 Å². The SMILES string of the molecule is CCOP(=O)(OCC)C(NS(=O)(=O)c1ccc(OC(F)(F)F)cc1)c1ccccc1. The molecule has 2 aromatic rings. The number of halogens is 3. The lowest BCUT2D eigenvalue weighted by Crippen LogP contribution is -2.30. The van der Waals surface area contributed by atoms with Crippen molar-refractivity contribution in [1.82, 2.24) is 4.72 Å². The minimum Gasteiger partial charge on any atom is -0.406 e. The number of benzene rings is 2. The molecule has 0 saturated heterocycles. The third-order valence-corrected chi connectivity index (χ3v) is 7.59. The first-order valence-corrected chi connectivity index (χ1v) is 11.9. The van der Waals surface area contributed by atoms with E-state index in [9.17, 15) is 26.2 Å². The van der Waals surface area contributed by atoms with Gasteiger partial charge in [0.1, 0.15) is 11.5 Å². The van der Waals surface area contributed by atoms with Gasteiger partial charge in [-0.3, -0.25) is 4.57 Å². The number of hydrogen-bond donors (Lipinski definition) is 1. The van der Waals surface area contributed by atoms with Crippen molar-refractivity contribution < 1.29 is 39.9 Å². The Hall–Kier alpha value is -1.91. The Morgan fingerprint density at radius 2 is 1.50 bits per heavy atom. The number of nitrogens with one attached hydrogen (secondary N) is 1. The number of sulfonamides is 1. The van der Waals surface area contributed by atoms with E-state index in [2.05, 4.69) is 9.46 Å². The van der Waals surface area contributed by atoms with E-state index in [-0.39, 0.29) is 18.1 Å². The van der Waals surface area contributed by atoms with E-state index in [1.165, 1.54) is 0 Å². The number of rotatable bonds is 10. The van der Waals surface area contributed by atoms with E-state index in [1.807, 2.05) is 0 Å². The topological polar surface area (TPSA) is 90.9 Å². The van der Waals surface area contributed by atoms with Crippen molar-refractivity contribution in [2.75, 3.05) is 13.2 Å². The molecule has 1 unspecified atom stereocenters. The van der Waals surface area contributed by atoms with Crippen molar-refractivity contribution in [1.29, 1.82) is 0 Å². The highest BCUT2D eigenvalue weighted by Crippen LogP contribution is 2.59. The summed E-state index contributed by atoms with van der Waals surface area (Å²) in [5.41, 5.74) is 0.336. The Morgan fingerprint density at radius 3 is 1.97 bits per heavy atom. The summed E-state index contributed by atoms with van der Waals surface area (Å²) in [7, 11) is -8.28. The molecule has 0 aliphatic carbocycles. The van der Waals surface area contributed by atoms with Crippen LogP contribution < -0.4 is 9.46 Å². The zero-order valence-corrected chi connectivity index (χ0v) is 17.8. The number of ether oxygens (including phenoxy) is 1. The maximum absolute atomic E-state index is 13.3. The van der Waals surface area contributed by atoms with Crippen molar-refractivity contribution >= 4 is 17.6 Å². The first-order chi connectivity index (χ1) is 14.0. The van der Waals surface area contributed by atoms with Crippen LogP contribution >= 0.6 is 7.60 Å². The fourth-order valence-electron chi connectivity index (χ4n) is 2.53. The average molecular weight is 467 g/mol. The molecule has 0 aliphatic heterocycles. The van der Waals surface area contributed by atoms with E-state index in [4.69, 9.17) is 9.05 Å². The third kappa shape index (κ3) is 6.55. The molecule has 0 radical (unpaired) electrons. The number of alkyl halides is 3. The van der Waals surface area contributed by atoms with E-state index in [1.54, 1.807) is 44.2 Å². The van der Waals surface area contributed by atoms with Crippen LogP contribution in [0.3, 0.4) is 0 Å². The predicted molar refractivity (Wildman–Crippen MR) is 103 cm³/mol. The van der Waals surface area contributed by atoms with Gasteiger partial charge in [0.05, 0.1) is 18.1 Å². The lowest BCUT2D eigenvalue weighted by atomic mass is 10.2. The summed E-state index contributed by atoms with van der Waals surface area (Å²) in [6, 6.07) is 11.7. The predicted octanol–water partition coefficient (Wildman–Crippen LogP) is 4.83. The molecule has 0 saturated carbocycles. The Labute approximate surface area is 172 Å². The molecule has 0 bridgehead atoms. The second kappa shape index (κ2) is 9.93. The van der Waals surface area contributed by atoms with Gasteiger partial charge in [0.2, 0.25) is 10.0 Å². The van der Waals surface area contributed by atoms with Crippen molar-refractivity contribution in [3.8, 4) is 5.75 Å². The monoisotopic (exact) mass is 467 g/mol. The summed E-state index contributed by atoms with van der Waals surface area (Å²) < 4.78 is 92.6. The summed E-state index contributed by atoms with van der Waals surface area (Å²) in [5, 5.41) is 0. The third-order valence-electron chi connectivity index (χ3n) is 3.68. The molecule has 0 heterocycles. The molecule has 7 nitrogen and oxygen atoms in total. The van der Waals surface area contributed by atoms with E-state index < -0.39 is 35.5 Å². The van der Waals surface area contributed by atoms with Crippen molar-refractivity contribution in [2.45, 2.75) is 30.9 Å². The first-order valence-electron chi connectivity index (χ1n) is 8.82. The first kappa shape index (κ1) is 24.4. The summed E-state index contributed by atoms with van der Waals surface area (Å²) in [6.45, 7) is 3.18.